The zero-order valence-electron chi connectivity index (χ0n) is 8.30. The summed E-state index contributed by atoms with van der Waals surface area (Å²) in [5.41, 5.74) is 1.05. The molecule has 0 saturated heterocycles. The van der Waals surface area contributed by atoms with Gasteiger partial charge in [-0.2, -0.15) is 0 Å². The number of aliphatic hydroxyl groups is 1. The molecule has 0 aliphatic carbocycles. The van der Waals surface area contributed by atoms with Crippen LogP contribution in [-0.2, 0) is 4.79 Å². The molecule has 15 heavy (non-hydrogen) atoms. The van der Waals surface area contributed by atoms with Crippen molar-refractivity contribution in [3.63, 3.8) is 0 Å². The average Bonchev–Trinajstić information content (AvgIpc) is 2.17. The molecule has 0 fully saturated rings. The summed E-state index contributed by atoms with van der Waals surface area (Å²) >= 11 is 0. The van der Waals surface area contributed by atoms with Crippen LogP contribution < -0.4 is 0 Å². The lowest BCUT2D eigenvalue weighted by molar-refractivity contribution is -0.139. The Hall–Kier alpha value is -1.68. The molecular weight excluding hydrogens is 196 g/mol. The van der Waals surface area contributed by atoms with Crippen molar-refractivity contribution in [3.8, 4) is 0 Å². The highest BCUT2D eigenvalue weighted by atomic mass is 16.4. The molecule has 0 heterocycles. The van der Waals surface area contributed by atoms with Crippen LogP contribution in [0, 0.1) is 0 Å². The van der Waals surface area contributed by atoms with Crippen molar-refractivity contribution < 1.29 is 19.8 Å². The number of carboxylic acids is 1. The molecule has 0 aromatic heterocycles. The van der Waals surface area contributed by atoms with Gasteiger partial charge in [0.25, 0.3) is 0 Å². The Morgan fingerprint density at radius 3 is 2.20 bits per heavy atom. The number of rotatable bonds is 4. The maximum absolute atomic E-state index is 10.9. The van der Waals surface area contributed by atoms with Crippen LogP contribution in [0.2, 0.25) is 0 Å². The Labute approximate surface area is 87.2 Å². The van der Waals surface area contributed by atoms with Gasteiger partial charge in [0.15, 0.2) is 5.78 Å². The summed E-state index contributed by atoms with van der Waals surface area (Å²) in [5.74, 6) is -1.12. The van der Waals surface area contributed by atoms with Gasteiger partial charge in [-0.05, 0) is 12.5 Å². The molecule has 4 heteroatoms. The number of hydrogen-bond donors (Lipinski definition) is 2. The Balaban J connectivity index is 2.79. The molecule has 1 aromatic carbocycles. The maximum atomic E-state index is 10.9. The van der Waals surface area contributed by atoms with Crippen molar-refractivity contribution in [3.05, 3.63) is 35.4 Å². The lowest BCUT2D eigenvalue weighted by Gasteiger charge is -2.08. The Bertz CT molecular complexity index is 367. The largest absolute Gasteiger partial charge is 0.481 e. The van der Waals surface area contributed by atoms with Gasteiger partial charge in [-0.25, -0.2) is 0 Å². The Morgan fingerprint density at radius 1 is 1.27 bits per heavy atom. The zero-order valence-corrected chi connectivity index (χ0v) is 8.30. The third kappa shape index (κ3) is 3.18. The van der Waals surface area contributed by atoms with Gasteiger partial charge >= 0.3 is 5.97 Å². The second-order valence-corrected chi connectivity index (χ2v) is 3.29. The minimum atomic E-state index is -1.06. The molecule has 0 aliphatic rings. The normalized spacial score (nSPS) is 12.1. The first-order valence-electron chi connectivity index (χ1n) is 4.51. The van der Waals surface area contributed by atoms with Gasteiger partial charge in [-0.15, -0.1) is 0 Å². The van der Waals surface area contributed by atoms with E-state index in [0.717, 1.165) is 0 Å². The summed E-state index contributed by atoms with van der Waals surface area (Å²) < 4.78 is 0. The number of Topliss-reactive ketones (excluding diaryl/α,β-unsaturated/α-hetero) is 1. The summed E-state index contributed by atoms with van der Waals surface area (Å²) in [7, 11) is 0. The van der Waals surface area contributed by atoms with Crippen LogP contribution in [0.5, 0.6) is 0 Å². The van der Waals surface area contributed by atoms with Crippen LogP contribution in [0.3, 0.4) is 0 Å². The number of carbonyl (C=O) groups is 2. The number of aliphatic carboxylic acids is 1. The molecule has 4 nitrogen and oxygen atoms in total. The first-order valence-corrected chi connectivity index (χ1v) is 4.51. The molecule has 0 radical (unpaired) electrons. The number of ketones is 1. The number of aliphatic hydroxyl groups excluding tert-OH is 1. The summed E-state index contributed by atoms with van der Waals surface area (Å²) in [6, 6.07) is 6.26. The Kier molecular flexibility index (Phi) is 3.57. The van der Waals surface area contributed by atoms with Gasteiger partial charge in [0.05, 0.1) is 12.5 Å². The monoisotopic (exact) mass is 208 g/mol. The third-order valence-corrected chi connectivity index (χ3v) is 2.07. The molecule has 1 atom stereocenters. The van der Waals surface area contributed by atoms with Crippen molar-refractivity contribution >= 4 is 11.8 Å². The first-order chi connectivity index (χ1) is 7.00. The van der Waals surface area contributed by atoms with Crippen LogP contribution in [0.4, 0.5) is 0 Å². The molecule has 1 rings (SSSR count). The van der Waals surface area contributed by atoms with Crippen LogP contribution >= 0.6 is 0 Å². The molecule has 0 aliphatic heterocycles. The lowest BCUT2D eigenvalue weighted by Crippen LogP contribution is -2.05. The zero-order chi connectivity index (χ0) is 11.4. The average molecular weight is 208 g/mol. The van der Waals surface area contributed by atoms with Crippen LogP contribution in [0.1, 0.15) is 35.4 Å². The molecule has 0 saturated carbocycles. The van der Waals surface area contributed by atoms with Crippen molar-refractivity contribution in [2.75, 3.05) is 0 Å². The van der Waals surface area contributed by atoms with Gasteiger partial charge in [-0.1, -0.05) is 24.3 Å². The molecule has 80 valence electrons. The molecular formula is C11H12O4. The van der Waals surface area contributed by atoms with Gasteiger partial charge < -0.3 is 10.2 Å². The highest BCUT2D eigenvalue weighted by Crippen LogP contribution is 2.17. The highest BCUT2D eigenvalue weighted by Gasteiger charge is 2.11. The molecule has 0 amide bonds. The number of benzene rings is 1. The van der Waals surface area contributed by atoms with Crippen molar-refractivity contribution in [1.82, 2.24) is 0 Å². The predicted octanol–water partition coefficient (Wildman–Crippen LogP) is 1.40. The fraction of sp³-hybridized carbons (Fsp3) is 0.273. The van der Waals surface area contributed by atoms with Gasteiger partial charge in [0, 0.05) is 5.56 Å². The molecule has 2 N–H and O–H groups in total. The number of hydrogen-bond acceptors (Lipinski definition) is 3. The van der Waals surface area contributed by atoms with E-state index in [0.29, 0.717) is 11.1 Å². The molecule has 0 unspecified atom stereocenters. The lowest BCUT2D eigenvalue weighted by atomic mass is 10.0. The third-order valence-electron chi connectivity index (χ3n) is 2.07. The van der Waals surface area contributed by atoms with Crippen LogP contribution in [0.25, 0.3) is 0 Å². The fourth-order valence-corrected chi connectivity index (χ4v) is 1.22. The number of carboxylic acid groups (broad SMARTS) is 1. The summed E-state index contributed by atoms with van der Waals surface area (Å²) in [4.78, 5) is 21.3. The topological polar surface area (TPSA) is 74.6 Å². The minimum Gasteiger partial charge on any atom is -0.481 e. The van der Waals surface area contributed by atoms with Crippen molar-refractivity contribution in [2.24, 2.45) is 0 Å². The molecule has 1 aromatic rings. The van der Waals surface area contributed by atoms with E-state index in [-0.39, 0.29) is 12.2 Å². The van der Waals surface area contributed by atoms with E-state index in [4.69, 9.17) is 5.11 Å². The SMILES string of the molecule is CC(=O)c1ccc([C@@H](O)CC(=O)O)cc1. The molecule has 0 bridgehead atoms. The van der Waals surface area contributed by atoms with E-state index in [1.54, 1.807) is 24.3 Å². The maximum Gasteiger partial charge on any atom is 0.306 e. The van der Waals surface area contributed by atoms with Gasteiger partial charge in [0.2, 0.25) is 0 Å². The minimum absolute atomic E-state index is 0.0609. The second-order valence-electron chi connectivity index (χ2n) is 3.29. The van der Waals surface area contributed by atoms with E-state index in [1.807, 2.05) is 0 Å². The summed E-state index contributed by atoms with van der Waals surface area (Å²) in [6.45, 7) is 1.45. The quantitative estimate of drug-likeness (QED) is 0.733. The summed E-state index contributed by atoms with van der Waals surface area (Å²) in [6.07, 6.45) is -1.36. The molecule has 0 spiro atoms. The van der Waals surface area contributed by atoms with E-state index >= 15 is 0 Å². The number of carbonyl (C=O) groups excluding carboxylic acids is 1. The summed E-state index contributed by atoms with van der Waals surface area (Å²) in [5, 5.41) is 17.9. The van der Waals surface area contributed by atoms with Crippen LogP contribution in [-0.4, -0.2) is 22.0 Å². The van der Waals surface area contributed by atoms with Crippen molar-refractivity contribution in [1.29, 1.82) is 0 Å². The fourth-order valence-electron chi connectivity index (χ4n) is 1.22. The van der Waals surface area contributed by atoms with Gasteiger partial charge in [0.1, 0.15) is 0 Å². The second kappa shape index (κ2) is 4.70. The predicted molar refractivity (Wildman–Crippen MR) is 53.7 cm³/mol. The van der Waals surface area contributed by atoms with Gasteiger partial charge in [-0.3, -0.25) is 9.59 Å². The Morgan fingerprint density at radius 2 is 1.80 bits per heavy atom. The van der Waals surface area contributed by atoms with E-state index < -0.39 is 12.1 Å². The highest BCUT2D eigenvalue weighted by molar-refractivity contribution is 5.94. The smallest absolute Gasteiger partial charge is 0.306 e. The van der Waals surface area contributed by atoms with Crippen LogP contribution in [0.15, 0.2) is 24.3 Å². The first kappa shape index (κ1) is 11.4. The van der Waals surface area contributed by atoms with E-state index in [2.05, 4.69) is 0 Å². The van der Waals surface area contributed by atoms with Crippen molar-refractivity contribution in [2.45, 2.75) is 19.4 Å². The van der Waals surface area contributed by atoms with E-state index in [9.17, 15) is 14.7 Å². The standard InChI is InChI=1S/C11H12O4/c1-7(12)8-2-4-9(5-3-8)10(13)6-11(14)15/h2-5,10,13H,6H2,1H3,(H,14,15)/t10-/m0/s1. The van der Waals surface area contributed by atoms with E-state index in [1.165, 1.54) is 6.92 Å².